The minimum Gasteiger partial charge on any atom is -0.422 e. The fourth-order valence-electron chi connectivity index (χ4n) is 3.59. The normalized spacial score (nSPS) is 13.9. The van der Waals surface area contributed by atoms with E-state index in [0.29, 0.717) is 12.1 Å². The lowest BCUT2D eigenvalue weighted by atomic mass is 10.1. The van der Waals surface area contributed by atoms with Crippen LogP contribution in [0.1, 0.15) is 28.8 Å². The van der Waals surface area contributed by atoms with Crippen molar-refractivity contribution in [1.82, 2.24) is 9.88 Å². The monoisotopic (exact) mass is 358 g/mol. The summed E-state index contributed by atoms with van der Waals surface area (Å²) in [5, 5.41) is 1.85. The summed E-state index contributed by atoms with van der Waals surface area (Å²) in [7, 11) is 0. The average molecular weight is 358 g/mol. The Kier molecular flexibility index (Phi) is 3.60. The maximum atomic E-state index is 13.2. The van der Waals surface area contributed by atoms with Crippen LogP contribution in [0.15, 0.2) is 70.0 Å². The quantitative estimate of drug-likeness (QED) is 0.559. The van der Waals surface area contributed by atoms with E-state index in [0.717, 1.165) is 34.7 Å². The molecule has 1 fully saturated rings. The molecule has 0 aliphatic heterocycles. The largest absolute Gasteiger partial charge is 0.422 e. The molecule has 134 valence electrons. The third kappa shape index (κ3) is 2.81. The van der Waals surface area contributed by atoms with Gasteiger partial charge in [0.25, 0.3) is 5.91 Å². The molecule has 0 bridgehead atoms. The summed E-state index contributed by atoms with van der Waals surface area (Å²) in [5.41, 5.74) is 2.13. The van der Waals surface area contributed by atoms with Crippen molar-refractivity contribution in [3.8, 4) is 0 Å². The molecule has 1 aliphatic carbocycles. The maximum Gasteiger partial charge on any atom is 0.349 e. The Bertz CT molecular complexity index is 1220. The Labute approximate surface area is 155 Å². The second-order valence-corrected chi connectivity index (χ2v) is 7.01. The van der Waals surface area contributed by atoms with Crippen LogP contribution in [0.25, 0.3) is 21.9 Å². The zero-order valence-electron chi connectivity index (χ0n) is 14.6. The van der Waals surface area contributed by atoms with Gasteiger partial charge in [0.15, 0.2) is 0 Å². The van der Waals surface area contributed by atoms with E-state index in [9.17, 15) is 9.59 Å². The Morgan fingerprint density at radius 1 is 1.11 bits per heavy atom. The summed E-state index contributed by atoms with van der Waals surface area (Å²) < 4.78 is 5.36. The lowest BCUT2D eigenvalue weighted by Crippen LogP contribution is -2.35. The van der Waals surface area contributed by atoms with Crippen LogP contribution < -0.4 is 5.63 Å². The van der Waals surface area contributed by atoms with Crippen LogP contribution in [0.5, 0.6) is 0 Å². The molecule has 0 radical (unpaired) electrons. The van der Waals surface area contributed by atoms with E-state index in [4.69, 9.17) is 4.42 Å². The zero-order chi connectivity index (χ0) is 18.4. The van der Waals surface area contributed by atoms with Crippen LogP contribution >= 0.6 is 0 Å². The molecule has 2 aromatic carbocycles. The Morgan fingerprint density at radius 2 is 1.96 bits per heavy atom. The fourth-order valence-corrected chi connectivity index (χ4v) is 3.59. The molecular formula is C22H18N2O3. The van der Waals surface area contributed by atoms with Gasteiger partial charge < -0.3 is 14.3 Å². The van der Waals surface area contributed by atoms with E-state index < -0.39 is 5.63 Å². The number of carbonyl (C=O) groups is 1. The molecular weight excluding hydrogens is 340 g/mol. The number of hydrogen-bond donors (Lipinski definition) is 1. The smallest absolute Gasteiger partial charge is 0.349 e. The van der Waals surface area contributed by atoms with Gasteiger partial charge in [-0.1, -0.05) is 30.3 Å². The summed E-state index contributed by atoms with van der Waals surface area (Å²) >= 11 is 0. The summed E-state index contributed by atoms with van der Waals surface area (Å²) in [6.07, 6.45) is 3.83. The molecule has 4 aromatic rings. The van der Waals surface area contributed by atoms with Crippen molar-refractivity contribution in [2.24, 2.45) is 0 Å². The third-order valence-corrected chi connectivity index (χ3v) is 5.15. The number of rotatable bonds is 4. The first-order valence-electron chi connectivity index (χ1n) is 9.09. The lowest BCUT2D eigenvalue weighted by molar-refractivity contribution is 0.0726. The lowest BCUT2D eigenvalue weighted by Gasteiger charge is -2.22. The van der Waals surface area contributed by atoms with Crippen LogP contribution in [-0.2, 0) is 6.54 Å². The second-order valence-electron chi connectivity index (χ2n) is 7.01. The Hall–Kier alpha value is -3.34. The van der Waals surface area contributed by atoms with E-state index in [1.54, 1.807) is 18.2 Å². The number of carbonyl (C=O) groups excluding carboxylic acids is 1. The molecule has 27 heavy (non-hydrogen) atoms. The minimum absolute atomic E-state index is 0.0989. The van der Waals surface area contributed by atoms with Gasteiger partial charge in [0, 0.05) is 35.1 Å². The first kappa shape index (κ1) is 15.9. The highest BCUT2D eigenvalue weighted by Gasteiger charge is 2.34. The molecule has 5 nitrogen and oxygen atoms in total. The predicted molar refractivity (Wildman–Crippen MR) is 104 cm³/mol. The molecule has 2 aromatic heterocycles. The molecule has 0 saturated heterocycles. The van der Waals surface area contributed by atoms with Gasteiger partial charge in [-0.2, -0.15) is 0 Å². The Balaban J connectivity index is 1.54. The molecule has 1 N–H and O–H groups in total. The minimum atomic E-state index is -0.579. The number of nitrogens with zero attached hydrogens (tertiary/aromatic N) is 1. The average Bonchev–Trinajstić information content (AvgIpc) is 3.41. The molecule has 0 unspecified atom stereocenters. The van der Waals surface area contributed by atoms with Gasteiger partial charge in [0.2, 0.25) is 0 Å². The first-order valence-corrected chi connectivity index (χ1v) is 9.09. The standard InChI is InChI=1S/C22H18N2O3/c25-21(18-12-14-4-1-2-7-20(14)27-22(18)26)24(16-8-9-16)13-15-5-3-6-19-17(15)10-11-23-19/h1-7,10-12,16,23H,8-9,13H2. The number of aromatic amines is 1. The van der Waals surface area contributed by atoms with Crippen molar-refractivity contribution in [3.05, 3.63) is 82.3 Å². The fraction of sp³-hybridized carbons (Fsp3) is 0.182. The SMILES string of the molecule is O=C(c1cc2ccccc2oc1=O)N(Cc1cccc2[nH]ccc12)C1CC1. The van der Waals surface area contributed by atoms with Gasteiger partial charge in [0.05, 0.1) is 0 Å². The van der Waals surface area contributed by atoms with E-state index in [2.05, 4.69) is 4.98 Å². The second kappa shape index (κ2) is 6.13. The molecule has 5 rings (SSSR count). The van der Waals surface area contributed by atoms with Gasteiger partial charge in [-0.3, -0.25) is 4.79 Å². The molecule has 1 saturated carbocycles. The van der Waals surface area contributed by atoms with Crippen molar-refractivity contribution >= 4 is 27.8 Å². The van der Waals surface area contributed by atoms with Crippen molar-refractivity contribution in [2.45, 2.75) is 25.4 Å². The molecule has 2 heterocycles. The van der Waals surface area contributed by atoms with Crippen LogP contribution in [-0.4, -0.2) is 21.8 Å². The molecule has 1 aliphatic rings. The number of nitrogens with one attached hydrogen (secondary N) is 1. The van der Waals surface area contributed by atoms with E-state index in [-0.39, 0.29) is 17.5 Å². The van der Waals surface area contributed by atoms with Crippen molar-refractivity contribution < 1.29 is 9.21 Å². The van der Waals surface area contributed by atoms with Crippen molar-refractivity contribution in [2.75, 3.05) is 0 Å². The predicted octanol–water partition coefficient (Wildman–Crippen LogP) is 4.08. The summed E-state index contributed by atoms with van der Waals surface area (Å²) in [6.45, 7) is 0.477. The summed E-state index contributed by atoms with van der Waals surface area (Å²) in [6, 6.07) is 17.1. The molecule has 5 heteroatoms. The number of benzene rings is 2. The third-order valence-electron chi connectivity index (χ3n) is 5.15. The van der Waals surface area contributed by atoms with Crippen LogP contribution in [0.3, 0.4) is 0 Å². The van der Waals surface area contributed by atoms with Gasteiger partial charge in [-0.15, -0.1) is 0 Å². The maximum absolute atomic E-state index is 13.2. The van der Waals surface area contributed by atoms with Crippen LogP contribution in [0, 0.1) is 0 Å². The van der Waals surface area contributed by atoms with Crippen LogP contribution in [0.2, 0.25) is 0 Å². The van der Waals surface area contributed by atoms with E-state index >= 15 is 0 Å². The summed E-state index contributed by atoms with van der Waals surface area (Å²) in [5.74, 6) is -0.260. The molecule has 0 atom stereocenters. The van der Waals surface area contributed by atoms with Gasteiger partial charge in [-0.05, 0) is 42.7 Å². The number of fused-ring (bicyclic) bond motifs is 2. The Morgan fingerprint density at radius 3 is 2.81 bits per heavy atom. The van der Waals surface area contributed by atoms with Gasteiger partial charge in [-0.25, -0.2) is 4.79 Å². The van der Waals surface area contributed by atoms with Crippen molar-refractivity contribution in [3.63, 3.8) is 0 Å². The molecule has 0 spiro atoms. The van der Waals surface area contributed by atoms with Crippen molar-refractivity contribution in [1.29, 1.82) is 0 Å². The molecule has 1 amide bonds. The number of para-hydroxylation sites is 1. The highest BCUT2D eigenvalue weighted by atomic mass is 16.4. The highest BCUT2D eigenvalue weighted by Crippen LogP contribution is 2.31. The van der Waals surface area contributed by atoms with Crippen LogP contribution in [0.4, 0.5) is 0 Å². The number of aromatic nitrogens is 1. The number of hydrogen-bond acceptors (Lipinski definition) is 3. The highest BCUT2D eigenvalue weighted by molar-refractivity contribution is 5.97. The van der Waals surface area contributed by atoms with Gasteiger partial charge in [0.1, 0.15) is 11.1 Å². The first-order chi connectivity index (χ1) is 13.2. The zero-order valence-corrected chi connectivity index (χ0v) is 14.6. The number of amides is 1. The van der Waals surface area contributed by atoms with Gasteiger partial charge >= 0.3 is 5.63 Å². The van der Waals surface area contributed by atoms with E-state index in [1.165, 1.54) is 0 Å². The van der Waals surface area contributed by atoms with E-state index in [1.807, 2.05) is 47.5 Å². The topological polar surface area (TPSA) is 66.3 Å². The number of H-pyrrole nitrogens is 1. The summed E-state index contributed by atoms with van der Waals surface area (Å²) in [4.78, 5) is 30.7.